The van der Waals surface area contributed by atoms with Crippen molar-refractivity contribution in [1.82, 2.24) is 10.3 Å². The molecule has 0 atom stereocenters. The van der Waals surface area contributed by atoms with E-state index in [-0.39, 0.29) is 19.1 Å². The van der Waals surface area contributed by atoms with E-state index < -0.39 is 0 Å². The summed E-state index contributed by atoms with van der Waals surface area (Å²) in [4.78, 5) is 16.5. The molecule has 144 valence electrons. The summed E-state index contributed by atoms with van der Waals surface area (Å²) in [6.45, 7) is 0.126. The Bertz CT molecular complexity index is 791. The molecule has 2 aromatic rings. The van der Waals surface area contributed by atoms with Crippen molar-refractivity contribution in [3.63, 3.8) is 0 Å². The van der Waals surface area contributed by atoms with Crippen molar-refractivity contribution < 1.29 is 9.90 Å². The molecule has 1 fully saturated rings. The van der Waals surface area contributed by atoms with E-state index in [2.05, 4.69) is 15.6 Å². The average Bonchev–Trinajstić information content (AvgIpc) is 2.69. The van der Waals surface area contributed by atoms with Crippen LogP contribution in [0.5, 0.6) is 0 Å². The zero-order chi connectivity index (χ0) is 19.2. The van der Waals surface area contributed by atoms with Gasteiger partial charge in [0.15, 0.2) is 0 Å². The second-order valence-electron chi connectivity index (χ2n) is 6.87. The number of carbonyl (C=O) groups is 1. The number of aliphatic hydroxyl groups is 1. The Hall–Kier alpha value is -2.15. The lowest BCUT2D eigenvalue weighted by Gasteiger charge is -2.27. The number of hydrogen-bond donors (Lipinski definition) is 4. The molecule has 0 radical (unpaired) electrons. The van der Waals surface area contributed by atoms with Crippen LogP contribution in [-0.2, 0) is 0 Å². The van der Waals surface area contributed by atoms with E-state index in [1.807, 2.05) is 18.2 Å². The van der Waals surface area contributed by atoms with Crippen LogP contribution in [-0.4, -0.2) is 41.2 Å². The Balaban J connectivity index is 1.79. The van der Waals surface area contributed by atoms with Gasteiger partial charge in [0.1, 0.15) is 5.82 Å². The normalized spacial score (nSPS) is 19.5. The van der Waals surface area contributed by atoms with Gasteiger partial charge in [0.05, 0.1) is 11.6 Å². The molecule has 1 aromatic carbocycles. The second kappa shape index (κ2) is 9.17. The Labute approximate surface area is 164 Å². The molecule has 0 saturated heterocycles. The zero-order valence-corrected chi connectivity index (χ0v) is 15.9. The second-order valence-corrected chi connectivity index (χ2v) is 7.27. The summed E-state index contributed by atoms with van der Waals surface area (Å²) in [7, 11) is 0. The summed E-state index contributed by atoms with van der Waals surface area (Å²) >= 11 is 6.37. The predicted molar refractivity (Wildman–Crippen MR) is 108 cm³/mol. The van der Waals surface area contributed by atoms with Crippen molar-refractivity contribution in [1.29, 1.82) is 0 Å². The first-order valence-electron chi connectivity index (χ1n) is 9.24. The van der Waals surface area contributed by atoms with Crippen LogP contribution in [0.15, 0.2) is 36.5 Å². The minimum absolute atomic E-state index is 0.0945. The first kappa shape index (κ1) is 19.6. The lowest BCUT2D eigenvalue weighted by atomic mass is 9.92. The van der Waals surface area contributed by atoms with Gasteiger partial charge in [0, 0.05) is 36.0 Å². The number of nitrogens with two attached hydrogens (primary N) is 1. The number of carbonyl (C=O) groups excluding carboxylic acids is 1. The fourth-order valence-corrected chi connectivity index (χ4v) is 3.52. The molecule has 0 spiro atoms. The van der Waals surface area contributed by atoms with Crippen molar-refractivity contribution in [2.45, 2.75) is 37.8 Å². The quantitative estimate of drug-likeness (QED) is 0.609. The van der Waals surface area contributed by atoms with E-state index in [9.17, 15) is 4.79 Å². The molecule has 0 aliphatic heterocycles. The van der Waals surface area contributed by atoms with Gasteiger partial charge in [-0.25, -0.2) is 4.98 Å². The highest BCUT2D eigenvalue weighted by Gasteiger charge is 2.19. The zero-order valence-electron chi connectivity index (χ0n) is 15.1. The number of benzene rings is 1. The van der Waals surface area contributed by atoms with Gasteiger partial charge in [-0.2, -0.15) is 0 Å². The topological polar surface area (TPSA) is 100 Å². The van der Waals surface area contributed by atoms with Crippen LogP contribution in [0.25, 0.3) is 11.1 Å². The Morgan fingerprint density at radius 3 is 2.78 bits per heavy atom. The van der Waals surface area contributed by atoms with Crippen LogP contribution in [0.3, 0.4) is 0 Å². The smallest absolute Gasteiger partial charge is 0.251 e. The van der Waals surface area contributed by atoms with Gasteiger partial charge in [-0.15, -0.1) is 0 Å². The van der Waals surface area contributed by atoms with Crippen molar-refractivity contribution in [3.8, 4) is 11.1 Å². The SMILES string of the molecule is NC1CCC(Nc2cc(-c3cccc(C(=O)NCCO)c3)c(Cl)cn2)CC1. The number of nitrogens with zero attached hydrogens (tertiary/aromatic N) is 1. The van der Waals surface area contributed by atoms with Crippen LogP contribution in [0.2, 0.25) is 5.02 Å². The lowest BCUT2D eigenvalue weighted by Crippen LogP contribution is -2.33. The summed E-state index contributed by atoms with van der Waals surface area (Å²) < 4.78 is 0. The molecular formula is C20H25ClN4O2. The number of aromatic nitrogens is 1. The molecule has 1 aliphatic carbocycles. The lowest BCUT2D eigenvalue weighted by molar-refractivity contribution is 0.0945. The summed E-state index contributed by atoms with van der Waals surface area (Å²) in [5, 5.41) is 15.5. The van der Waals surface area contributed by atoms with Gasteiger partial charge in [0.2, 0.25) is 0 Å². The average molecular weight is 389 g/mol. The minimum atomic E-state index is -0.229. The monoisotopic (exact) mass is 388 g/mol. The molecule has 5 N–H and O–H groups in total. The molecule has 0 bridgehead atoms. The number of amides is 1. The number of rotatable bonds is 6. The highest BCUT2D eigenvalue weighted by atomic mass is 35.5. The molecule has 3 rings (SSSR count). The fraction of sp³-hybridized carbons (Fsp3) is 0.400. The Morgan fingerprint density at radius 2 is 2.04 bits per heavy atom. The number of halogens is 1. The maximum atomic E-state index is 12.1. The molecule has 1 amide bonds. The van der Waals surface area contributed by atoms with Crippen LogP contribution in [0.4, 0.5) is 5.82 Å². The Morgan fingerprint density at radius 1 is 1.26 bits per heavy atom. The van der Waals surface area contributed by atoms with Gasteiger partial charge in [-0.05, 0) is 49.4 Å². The van der Waals surface area contributed by atoms with E-state index >= 15 is 0 Å². The molecule has 0 unspecified atom stereocenters. The van der Waals surface area contributed by atoms with Crippen molar-refractivity contribution in [2.24, 2.45) is 5.73 Å². The minimum Gasteiger partial charge on any atom is -0.395 e. The third kappa shape index (κ3) is 5.19. The van der Waals surface area contributed by atoms with E-state index in [1.54, 1.807) is 18.3 Å². The molecule has 1 saturated carbocycles. The van der Waals surface area contributed by atoms with Crippen molar-refractivity contribution in [3.05, 3.63) is 47.1 Å². The van der Waals surface area contributed by atoms with Gasteiger partial charge in [-0.3, -0.25) is 4.79 Å². The number of hydrogen-bond acceptors (Lipinski definition) is 5. The van der Waals surface area contributed by atoms with Gasteiger partial charge in [-0.1, -0.05) is 23.7 Å². The fourth-order valence-electron chi connectivity index (χ4n) is 3.31. The van der Waals surface area contributed by atoms with Crippen molar-refractivity contribution >= 4 is 23.3 Å². The molecule has 7 heteroatoms. The first-order valence-corrected chi connectivity index (χ1v) is 9.62. The van der Waals surface area contributed by atoms with Crippen LogP contribution in [0, 0.1) is 0 Å². The molecule has 6 nitrogen and oxygen atoms in total. The summed E-state index contributed by atoms with van der Waals surface area (Å²) in [5.41, 5.74) is 8.15. The maximum Gasteiger partial charge on any atom is 0.251 e. The third-order valence-electron chi connectivity index (χ3n) is 4.81. The van der Waals surface area contributed by atoms with Gasteiger partial charge in [0.25, 0.3) is 5.91 Å². The standard InChI is InChI=1S/C20H25ClN4O2/c21-18-12-24-19(25-16-6-4-15(22)5-7-16)11-17(18)13-2-1-3-14(10-13)20(27)23-8-9-26/h1-3,10-12,15-16,26H,4-9,22H2,(H,23,27)(H,24,25). The molecule has 27 heavy (non-hydrogen) atoms. The number of pyridine rings is 1. The van der Waals surface area contributed by atoms with Crippen LogP contribution < -0.4 is 16.4 Å². The van der Waals surface area contributed by atoms with E-state index in [0.29, 0.717) is 22.7 Å². The molecular weight excluding hydrogens is 364 g/mol. The van der Waals surface area contributed by atoms with E-state index in [1.165, 1.54) is 0 Å². The van der Waals surface area contributed by atoms with Gasteiger partial charge >= 0.3 is 0 Å². The summed E-state index contributed by atoms with van der Waals surface area (Å²) in [6, 6.07) is 9.83. The first-order chi connectivity index (χ1) is 13.1. The maximum absolute atomic E-state index is 12.1. The van der Waals surface area contributed by atoms with Crippen LogP contribution >= 0.6 is 11.6 Å². The number of aliphatic hydroxyl groups excluding tert-OH is 1. The van der Waals surface area contributed by atoms with Crippen LogP contribution in [0.1, 0.15) is 36.0 Å². The highest BCUT2D eigenvalue weighted by molar-refractivity contribution is 6.33. The van der Waals surface area contributed by atoms with E-state index in [0.717, 1.165) is 42.6 Å². The largest absolute Gasteiger partial charge is 0.395 e. The van der Waals surface area contributed by atoms with Gasteiger partial charge < -0.3 is 21.5 Å². The Kier molecular flexibility index (Phi) is 6.66. The summed E-state index contributed by atoms with van der Waals surface area (Å²) in [5.74, 6) is 0.540. The molecule has 1 aromatic heterocycles. The highest BCUT2D eigenvalue weighted by Crippen LogP contribution is 2.31. The number of anilines is 1. The third-order valence-corrected chi connectivity index (χ3v) is 5.11. The summed E-state index contributed by atoms with van der Waals surface area (Å²) in [6.07, 6.45) is 5.72. The molecule has 1 aliphatic rings. The molecule has 1 heterocycles. The predicted octanol–water partition coefficient (Wildman–Crippen LogP) is 2.81. The van der Waals surface area contributed by atoms with E-state index in [4.69, 9.17) is 22.4 Å². The number of nitrogens with one attached hydrogen (secondary N) is 2. The van der Waals surface area contributed by atoms with Crippen molar-refractivity contribution in [2.75, 3.05) is 18.5 Å².